The first-order valence-electron chi connectivity index (χ1n) is 6.10. The van der Waals surface area contributed by atoms with Gasteiger partial charge < -0.3 is 10.1 Å². The van der Waals surface area contributed by atoms with Crippen molar-refractivity contribution in [2.45, 2.75) is 32.1 Å². The van der Waals surface area contributed by atoms with E-state index in [0.29, 0.717) is 18.9 Å². The topological polar surface area (TPSA) is 51.2 Å². The van der Waals surface area contributed by atoms with Crippen molar-refractivity contribution < 1.29 is 9.53 Å². The van der Waals surface area contributed by atoms with Crippen molar-refractivity contribution in [2.75, 3.05) is 19.7 Å². The van der Waals surface area contributed by atoms with Crippen LogP contribution in [0, 0.1) is 0 Å². The number of nitrogens with one attached hydrogen (secondary N) is 1. The molecule has 1 saturated heterocycles. The highest BCUT2D eigenvalue weighted by Crippen LogP contribution is 2.27. The zero-order valence-corrected chi connectivity index (χ0v) is 12.1. The fourth-order valence-electron chi connectivity index (χ4n) is 2.02. The first-order valence-corrected chi connectivity index (χ1v) is 6.98. The number of thiazole rings is 1. The lowest BCUT2D eigenvalue weighted by atomic mass is 9.99. The van der Waals surface area contributed by atoms with E-state index in [4.69, 9.17) is 4.74 Å². The number of hydrogen-bond donors (Lipinski definition) is 1. The Morgan fingerprint density at radius 2 is 2.28 bits per heavy atom. The van der Waals surface area contributed by atoms with Crippen molar-refractivity contribution in [2.24, 2.45) is 0 Å². The Labute approximate surface area is 118 Å². The summed E-state index contributed by atoms with van der Waals surface area (Å²) in [6.07, 6.45) is 2.59. The van der Waals surface area contributed by atoms with Crippen LogP contribution in [0.2, 0.25) is 0 Å². The number of esters is 1. The van der Waals surface area contributed by atoms with Gasteiger partial charge in [-0.1, -0.05) is 0 Å². The average Bonchev–Trinajstić information content (AvgIpc) is 2.79. The molecule has 1 aromatic rings. The van der Waals surface area contributed by atoms with Crippen LogP contribution in [0.3, 0.4) is 0 Å². The van der Waals surface area contributed by atoms with E-state index in [0.717, 1.165) is 31.6 Å². The summed E-state index contributed by atoms with van der Waals surface area (Å²) in [7, 11) is 0. The molecule has 1 aromatic heterocycles. The zero-order valence-electron chi connectivity index (χ0n) is 10.5. The summed E-state index contributed by atoms with van der Waals surface area (Å²) in [6.45, 7) is 4.39. The average molecular weight is 291 g/mol. The quantitative estimate of drug-likeness (QED) is 0.863. The summed E-state index contributed by atoms with van der Waals surface area (Å²) < 4.78 is 4.92. The molecule has 0 aromatic carbocycles. The zero-order chi connectivity index (χ0) is 12.1. The summed E-state index contributed by atoms with van der Waals surface area (Å²) >= 11 is 1.67. The molecule has 0 atom stereocenters. The molecule has 0 amide bonds. The van der Waals surface area contributed by atoms with Gasteiger partial charge in [-0.3, -0.25) is 4.79 Å². The lowest BCUT2D eigenvalue weighted by molar-refractivity contribution is -0.142. The molecule has 1 aliphatic heterocycles. The van der Waals surface area contributed by atoms with E-state index in [1.807, 2.05) is 12.3 Å². The molecule has 102 valence electrons. The number of piperidine rings is 1. The fraction of sp³-hybridized carbons (Fsp3) is 0.667. The molecule has 0 aliphatic carbocycles. The normalized spacial score (nSPS) is 16.1. The molecule has 18 heavy (non-hydrogen) atoms. The van der Waals surface area contributed by atoms with E-state index < -0.39 is 0 Å². The molecule has 1 N–H and O–H groups in total. The number of hydrogen-bond acceptors (Lipinski definition) is 5. The van der Waals surface area contributed by atoms with Crippen LogP contribution in [-0.4, -0.2) is 30.6 Å². The molecule has 1 fully saturated rings. The van der Waals surface area contributed by atoms with Gasteiger partial charge in [0.15, 0.2) is 0 Å². The number of ether oxygens (including phenoxy) is 1. The minimum absolute atomic E-state index is 0. The lowest BCUT2D eigenvalue weighted by Crippen LogP contribution is -2.26. The minimum Gasteiger partial charge on any atom is -0.466 e. The van der Waals surface area contributed by atoms with E-state index >= 15 is 0 Å². The molecule has 0 unspecified atom stereocenters. The number of rotatable bonds is 4. The van der Waals surface area contributed by atoms with Gasteiger partial charge in [-0.15, -0.1) is 23.7 Å². The van der Waals surface area contributed by atoms with Gasteiger partial charge in [-0.2, -0.15) is 0 Å². The van der Waals surface area contributed by atoms with Crippen molar-refractivity contribution in [3.8, 4) is 0 Å². The van der Waals surface area contributed by atoms with Crippen LogP contribution in [-0.2, 0) is 16.0 Å². The molecular weight excluding hydrogens is 272 g/mol. The van der Waals surface area contributed by atoms with Crippen molar-refractivity contribution >= 4 is 29.7 Å². The maximum absolute atomic E-state index is 11.3. The van der Waals surface area contributed by atoms with E-state index in [-0.39, 0.29) is 18.4 Å². The Hall–Kier alpha value is -0.650. The third-order valence-electron chi connectivity index (χ3n) is 2.89. The molecule has 0 saturated carbocycles. The third kappa shape index (κ3) is 4.23. The van der Waals surface area contributed by atoms with Crippen LogP contribution >= 0.6 is 23.7 Å². The monoisotopic (exact) mass is 290 g/mol. The molecule has 6 heteroatoms. The first kappa shape index (κ1) is 15.4. The molecule has 0 bridgehead atoms. The molecule has 4 nitrogen and oxygen atoms in total. The summed E-state index contributed by atoms with van der Waals surface area (Å²) in [5.41, 5.74) is 0.849. The molecule has 2 heterocycles. The van der Waals surface area contributed by atoms with E-state index in [9.17, 15) is 4.79 Å². The van der Waals surface area contributed by atoms with Crippen molar-refractivity contribution in [3.05, 3.63) is 16.1 Å². The Kier molecular flexibility index (Phi) is 6.60. The largest absolute Gasteiger partial charge is 0.466 e. The van der Waals surface area contributed by atoms with E-state index in [1.165, 1.54) is 5.01 Å². The summed E-state index contributed by atoms with van der Waals surface area (Å²) in [5, 5.41) is 6.50. The predicted molar refractivity (Wildman–Crippen MR) is 74.5 cm³/mol. The minimum atomic E-state index is -0.185. The highest BCUT2D eigenvalue weighted by Gasteiger charge is 2.19. The van der Waals surface area contributed by atoms with Crippen LogP contribution in [0.25, 0.3) is 0 Å². The molecular formula is C12H19ClN2O2S. The second-order valence-corrected chi connectivity index (χ2v) is 5.07. The number of halogens is 1. The Bertz CT molecular complexity index is 378. The predicted octanol–water partition coefficient (Wildman–Crippen LogP) is 2.14. The standard InChI is InChI=1S/C12H18N2O2S.ClH/c1-2-16-11(15)7-10-8-17-12(14-10)9-3-5-13-6-4-9;/h8-9,13H,2-7H2,1H3;1H. The molecule has 1 aliphatic rings. The molecule has 0 radical (unpaired) electrons. The van der Waals surface area contributed by atoms with Crippen LogP contribution in [0.1, 0.15) is 36.4 Å². The highest BCUT2D eigenvalue weighted by atomic mass is 35.5. The number of nitrogens with zero attached hydrogens (tertiary/aromatic N) is 1. The maximum Gasteiger partial charge on any atom is 0.311 e. The van der Waals surface area contributed by atoms with Gasteiger partial charge in [-0.25, -0.2) is 4.98 Å². The second kappa shape index (κ2) is 7.71. The van der Waals surface area contributed by atoms with Gasteiger partial charge >= 0.3 is 5.97 Å². The summed E-state index contributed by atoms with van der Waals surface area (Å²) in [4.78, 5) is 15.9. The number of carbonyl (C=O) groups excluding carboxylic acids is 1. The first-order chi connectivity index (χ1) is 8.29. The fourth-order valence-corrected chi connectivity index (χ4v) is 3.01. The highest BCUT2D eigenvalue weighted by molar-refractivity contribution is 7.09. The second-order valence-electron chi connectivity index (χ2n) is 4.18. The van der Waals surface area contributed by atoms with Crippen LogP contribution in [0.5, 0.6) is 0 Å². The van der Waals surface area contributed by atoms with Gasteiger partial charge in [0.05, 0.1) is 23.7 Å². The lowest BCUT2D eigenvalue weighted by Gasteiger charge is -2.20. The maximum atomic E-state index is 11.3. The van der Waals surface area contributed by atoms with Gasteiger partial charge in [-0.05, 0) is 32.9 Å². The Balaban J connectivity index is 0.00000162. The number of aromatic nitrogens is 1. The van der Waals surface area contributed by atoms with E-state index in [2.05, 4.69) is 10.3 Å². The van der Waals surface area contributed by atoms with Crippen LogP contribution in [0.4, 0.5) is 0 Å². The van der Waals surface area contributed by atoms with Crippen molar-refractivity contribution in [1.82, 2.24) is 10.3 Å². The molecule has 0 spiro atoms. The summed E-state index contributed by atoms with van der Waals surface area (Å²) in [5.74, 6) is 0.381. The van der Waals surface area contributed by atoms with Gasteiger partial charge in [0.2, 0.25) is 0 Å². The summed E-state index contributed by atoms with van der Waals surface area (Å²) in [6, 6.07) is 0. The van der Waals surface area contributed by atoms with E-state index in [1.54, 1.807) is 11.3 Å². The van der Waals surface area contributed by atoms with Gasteiger partial charge in [0.25, 0.3) is 0 Å². The third-order valence-corrected chi connectivity index (χ3v) is 3.94. The smallest absolute Gasteiger partial charge is 0.311 e. The SMILES string of the molecule is CCOC(=O)Cc1csc(C2CCNCC2)n1.Cl. The van der Waals surface area contributed by atoms with Gasteiger partial charge in [0, 0.05) is 11.3 Å². The van der Waals surface area contributed by atoms with Crippen molar-refractivity contribution in [1.29, 1.82) is 0 Å². The molecule has 2 rings (SSSR count). The number of carbonyl (C=O) groups is 1. The Morgan fingerprint density at radius 1 is 1.56 bits per heavy atom. The van der Waals surface area contributed by atoms with Gasteiger partial charge in [0.1, 0.15) is 0 Å². The van der Waals surface area contributed by atoms with Crippen molar-refractivity contribution in [3.63, 3.8) is 0 Å². The van der Waals surface area contributed by atoms with Crippen LogP contribution < -0.4 is 5.32 Å². The Morgan fingerprint density at radius 3 is 2.94 bits per heavy atom. The van der Waals surface area contributed by atoms with Crippen LogP contribution in [0.15, 0.2) is 5.38 Å².